The van der Waals surface area contributed by atoms with E-state index in [1.807, 2.05) is 0 Å². The normalized spacial score (nSPS) is 12.3. The van der Waals surface area contributed by atoms with E-state index in [-0.39, 0.29) is 0 Å². The maximum Gasteiger partial charge on any atom is 0.319 e. The van der Waals surface area contributed by atoms with Gasteiger partial charge in [-0.2, -0.15) is 0 Å². The smallest absolute Gasteiger partial charge is 0.319 e. The minimum absolute atomic E-state index is 0.400. The number of sulfonamides is 1. The Kier molecular flexibility index (Phi) is 5.69. The molecule has 0 aromatic heterocycles. The van der Waals surface area contributed by atoms with Gasteiger partial charge in [-0.05, 0) is 42.8 Å². The van der Waals surface area contributed by atoms with Crippen molar-refractivity contribution in [1.29, 1.82) is 0 Å². The highest BCUT2D eigenvalue weighted by Crippen LogP contribution is 2.23. The van der Waals surface area contributed by atoms with Crippen molar-refractivity contribution in [2.24, 2.45) is 0 Å². The first-order chi connectivity index (χ1) is 11.2. The summed E-state index contributed by atoms with van der Waals surface area (Å²) in [6.07, 6.45) is 1.08. The molecule has 2 aromatic rings. The van der Waals surface area contributed by atoms with Crippen molar-refractivity contribution < 1.29 is 13.2 Å². The van der Waals surface area contributed by atoms with Crippen molar-refractivity contribution in [2.45, 2.75) is 13.0 Å². The van der Waals surface area contributed by atoms with Crippen LogP contribution in [-0.2, 0) is 10.0 Å². The van der Waals surface area contributed by atoms with Crippen LogP contribution in [0.15, 0.2) is 48.5 Å². The molecule has 0 aliphatic carbocycles. The first kappa shape index (κ1) is 18.1. The van der Waals surface area contributed by atoms with Crippen molar-refractivity contribution in [3.63, 3.8) is 0 Å². The number of urea groups is 1. The van der Waals surface area contributed by atoms with Crippen molar-refractivity contribution in [2.75, 3.05) is 16.3 Å². The lowest BCUT2D eigenvalue weighted by Gasteiger charge is -2.18. The van der Waals surface area contributed by atoms with Crippen LogP contribution in [-0.4, -0.2) is 20.7 Å². The molecule has 8 heteroatoms. The van der Waals surface area contributed by atoms with Gasteiger partial charge in [-0.3, -0.25) is 4.72 Å². The molecule has 0 aliphatic heterocycles. The SMILES string of the molecule is C[C@@H](NC(=O)Nc1ccc(Cl)cc1)c1ccccc1NS(C)(=O)=O. The van der Waals surface area contributed by atoms with Gasteiger partial charge in [-0.1, -0.05) is 29.8 Å². The molecular weight excluding hydrogens is 350 g/mol. The molecule has 24 heavy (non-hydrogen) atoms. The number of carbonyl (C=O) groups is 1. The fourth-order valence-corrected chi connectivity index (χ4v) is 2.85. The third-order valence-electron chi connectivity index (χ3n) is 3.17. The Hall–Kier alpha value is -2.25. The Morgan fingerprint density at radius 3 is 2.33 bits per heavy atom. The monoisotopic (exact) mass is 367 g/mol. The van der Waals surface area contributed by atoms with Crippen LogP contribution >= 0.6 is 11.6 Å². The number of para-hydroxylation sites is 1. The van der Waals surface area contributed by atoms with Gasteiger partial charge in [0.2, 0.25) is 10.0 Å². The summed E-state index contributed by atoms with van der Waals surface area (Å²) >= 11 is 5.80. The van der Waals surface area contributed by atoms with Gasteiger partial charge in [-0.15, -0.1) is 0 Å². The Bertz CT molecular complexity index is 823. The standard InChI is InChI=1S/C16H18ClN3O3S/c1-11(14-5-3-4-6-15(14)20-24(2,22)23)18-16(21)19-13-9-7-12(17)8-10-13/h3-11,20H,1-2H3,(H2,18,19,21)/t11-/m1/s1. The molecule has 0 fully saturated rings. The Labute approximate surface area is 146 Å². The van der Waals surface area contributed by atoms with E-state index in [2.05, 4.69) is 15.4 Å². The molecule has 0 aliphatic rings. The minimum atomic E-state index is -3.41. The molecule has 0 bridgehead atoms. The van der Waals surface area contributed by atoms with Gasteiger partial charge >= 0.3 is 6.03 Å². The molecule has 0 saturated heterocycles. The van der Waals surface area contributed by atoms with Gasteiger partial charge in [-0.25, -0.2) is 13.2 Å². The molecule has 0 heterocycles. The fraction of sp³-hybridized carbons (Fsp3) is 0.188. The zero-order chi connectivity index (χ0) is 17.7. The molecule has 0 saturated carbocycles. The van der Waals surface area contributed by atoms with E-state index in [0.29, 0.717) is 22.0 Å². The lowest BCUT2D eigenvalue weighted by molar-refractivity contribution is 0.249. The zero-order valence-corrected chi connectivity index (χ0v) is 14.8. The molecule has 2 aromatic carbocycles. The van der Waals surface area contributed by atoms with E-state index in [1.165, 1.54) is 0 Å². The molecule has 0 spiro atoms. The van der Waals surface area contributed by atoms with E-state index >= 15 is 0 Å². The lowest BCUT2D eigenvalue weighted by Crippen LogP contribution is -2.31. The van der Waals surface area contributed by atoms with Gasteiger partial charge in [0, 0.05) is 10.7 Å². The number of anilines is 2. The van der Waals surface area contributed by atoms with Crippen LogP contribution in [0.25, 0.3) is 0 Å². The summed E-state index contributed by atoms with van der Waals surface area (Å²) in [7, 11) is -3.41. The highest BCUT2D eigenvalue weighted by molar-refractivity contribution is 7.92. The third-order valence-corrected chi connectivity index (χ3v) is 4.02. The summed E-state index contributed by atoms with van der Waals surface area (Å²) < 4.78 is 25.3. The molecule has 2 amide bonds. The average Bonchev–Trinajstić information content (AvgIpc) is 2.48. The van der Waals surface area contributed by atoms with E-state index in [1.54, 1.807) is 55.5 Å². The summed E-state index contributed by atoms with van der Waals surface area (Å²) in [5.74, 6) is 0. The molecule has 0 radical (unpaired) electrons. The van der Waals surface area contributed by atoms with Crippen molar-refractivity contribution in [3.8, 4) is 0 Å². The molecule has 1 atom stereocenters. The summed E-state index contributed by atoms with van der Waals surface area (Å²) in [5, 5.41) is 6.04. The first-order valence-corrected chi connectivity index (χ1v) is 9.41. The zero-order valence-electron chi connectivity index (χ0n) is 13.2. The fourth-order valence-electron chi connectivity index (χ4n) is 2.14. The van der Waals surface area contributed by atoms with Crippen LogP contribution in [0, 0.1) is 0 Å². The molecule has 6 nitrogen and oxygen atoms in total. The highest BCUT2D eigenvalue weighted by atomic mass is 35.5. The second-order valence-electron chi connectivity index (χ2n) is 5.29. The number of hydrogen-bond donors (Lipinski definition) is 3. The number of hydrogen-bond acceptors (Lipinski definition) is 3. The average molecular weight is 368 g/mol. The third kappa shape index (κ3) is 5.43. The van der Waals surface area contributed by atoms with Gasteiger partial charge < -0.3 is 10.6 Å². The van der Waals surface area contributed by atoms with Gasteiger partial charge in [0.25, 0.3) is 0 Å². The molecule has 128 valence electrons. The summed E-state index contributed by atoms with van der Waals surface area (Å²) in [4.78, 5) is 12.1. The van der Waals surface area contributed by atoms with E-state index in [4.69, 9.17) is 11.6 Å². The molecule has 2 rings (SSSR count). The van der Waals surface area contributed by atoms with Crippen molar-refractivity contribution in [3.05, 3.63) is 59.1 Å². The largest absolute Gasteiger partial charge is 0.331 e. The lowest BCUT2D eigenvalue weighted by atomic mass is 10.1. The second-order valence-corrected chi connectivity index (χ2v) is 7.47. The summed E-state index contributed by atoms with van der Waals surface area (Å²) in [5.41, 5.74) is 1.69. The Balaban J connectivity index is 2.08. The number of amides is 2. The number of benzene rings is 2. The number of halogens is 1. The van der Waals surface area contributed by atoms with Crippen LogP contribution in [0.4, 0.5) is 16.2 Å². The predicted octanol–water partition coefficient (Wildman–Crippen LogP) is 3.59. The predicted molar refractivity (Wildman–Crippen MR) is 96.9 cm³/mol. The maximum atomic E-state index is 12.1. The van der Waals surface area contributed by atoms with Crippen LogP contribution in [0.5, 0.6) is 0 Å². The Morgan fingerprint density at radius 2 is 1.71 bits per heavy atom. The van der Waals surface area contributed by atoms with Crippen LogP contribution in [0.2, 0.25) is 5.02 Å². The molecular formula is C16H18ClN3O3S. The maximum absolute atomic E-state index is 12.1. The molecule has 3 N–H and O–H groups in total. The molecule has 0 unspecified atom stereocenters. The number of nitrogens with one attached hydrogen (secondary N) is 3. The Morgan fingerprint density at radius 1 is 1.08 bits per heavy atom. The van der Waals surface area contributed by atoms with E-state index < -0.39 is 22.1 Å². The summed E-state index contributed by atoms with van der Waals surface area (Å²) in [6, 6.07) is 12.8. The van der Waals surface area contributed by atoms with Crippen molar-refractivity contribution >= 4 is 39.0 Å². The second kappa shape index (κ2) is 7.55. The highest BCUT2D eigenvalue weighted by Gasteiger charge is 2.15. The van der Waals surface area contributed by atoms with Gasteiger partial charge in [0.1, 0.15) is 0 Å². The van der Waals surface area contributed by atoms with Crippen LogP contribution in [0.1, 0.15) is 18.5 Å². The minimum Gasteiger partial charge on any atom is -0.331 e. The topological polar surface area (TPSA) is 87.3 Å². The summed E-state index contributed by atoms with van der Waals surface area (Å²) in [6.45, 7) is 1.77. The number of carbonyl (C=O) groups excluding carboxylic acids is 1. The number of rotatable bonds is 5. The van der Waals surface area contributed by atoms with Crippen molar-refractivity contribution in [1.82, 2.24) is 5.32 Å². The van der Waals surface area contributed by atoms with E-state index in [0.717, 1.165) is 6.26 Å². The van der Waals surface area contributed by atoms with Gasteiger partial charge in [0.05, 0.1) is 18.0 Å². The van der Waals surface area contributed by atoms with E-state index in [9.17, 15) is 13.2 Å². The van der Waals surface area contributed by atoms with Crippen LogP contribution in [0.3, 0.4) is 0 Å². The quantitative estimate of drug-likeness (QED) is 0.754. The first-order valence-electron chi connectivity index (χ1n) is 7.14. The van der Waals surface area contributed by atoms with Gasteiger partial charge in [0.15, 0.2) is 0 Å². The van der Waals surface area contributed by atoms with Crippen LogP contribution < -0.4 is 15.4 Å².